The predicted octanol–water partition coefficient (Wildman–Crippen LogP) is 1.39. The van der Waals surface area contributed by atoms with Crippen LogP contribution in [0.5, 0.6) is 5.75 Å². The van der Waals surface area contributed by atoms with Crippen LogP contribution in [-0.4, -0.2) is 55.8 Å². The largest absolute Gasteiger partial charge is 0.496 e. The standard InChI is InChI=1S/C16H17F3N2O5/c1-25-12-4-3-9(7-11(12)16(17,18)19)20-13-10(15(24)26-2)8-21(5-6-22)14(13)23/h3-4,7,20,22H,5-6,8H2,1-2H3. The fraction of sp³-hybridized carbons (Fsp3) is 0.375. The monoisotopic (exact) mass is 374 g/mol. The van der Waals surface area contributed by atoms with Gasteiger partial charge in [-0.3, -0.25) is 4.79 Å². The highest BCUT2D eigenvalue weighted by molar-refractivity contribution is 6.08. The Hall–Kier alpha value is -2.75. The second-order valence-electron chi connectivity index (χ2n) is 5.33. The van der Waals surface area contributed by atoms with Gasteiger partial charge >= 0.3 is 12.1 Å². The lowest BCUT2D eigenvalue weighted by Gasteiger charge is -2.16. The van der Waals surface area contributed by atoms with E-state index >= 15 is 0 Å². The summed E-state index contributed by atoms with van der Waals surface area (Å²) in [6.45, 7) is -0.466. The molecule has 0 fully saturated rings. The van der Waals surface area contributed by atoms with E-state index in [1.807, 2.05) is 0 Å². The van der Waals surface area contributed by atoms with E-state index in [0.29, 0.717) is 0 Å². The van der Waals surface area contributed by atoms with Crippen molar-refractivity contribution in [2.45, 2.75) is 6.18 Å². The van der Waals surface area contributed by atoms with Crippen LogP contribution in [-0.2, 0) is 20.5 Å². The average Bonchev–Trinajstić information content (AvgIpc) is 2.90. The molecule has 0 aromatic heterocycles. The number of carbonyl (C=O) groups is 2. The van der Waals surface area contributed by atoms with Gasteiger partial charge in [0.15, 0.2) is 0 Å². The number of aliphatic hydroxyl groups excluding tert-OH is 1. The molecule has 7 nitrogen and oxygen atoms in total. The SMILES string of the molecule is COC(=O)C1=C(Nc2ccc(OC)c(C(F)(F)F)c2)C(=O)N(CCO)C1. The summed E-state index contributed by atoms with van der Waals surface area (Å²) in [6.07, 6.45) is -4.66. The number of methoxy groups -OCH3 is 2. The zero-order valence-electron chi connectivity index (χ0n) is 14.0. The maximum Gasteiger partial charge on any atom is 0.420 e. The van der Waals surface area contributed by atoms with E-state index in [1.54, 1.807) is 0 Å². The number of β-amino-alcohol motifs (C(OH)–C–C–N with tert-alkyl or cyclic N) is 1. The van der Waals surface area contributed by atoms with Crippen LogP contribution in [0.4, 0.5) is 18.9 Å². The molecule has 0 aliphatic carbocycles. The van der Waals surface area contributed by atoms with Crippen LogP contribution in [0, 0.1) is 0 Å². The van der Waals surface area contributed by atoms with Crippen LogP contribution >= 0.6 is 0 Å². The zero-order valence-corrected chi connectivity index (χ0v) is 14.0. The summed E-state index contributed by atoms with van der Waals surface area (Å²) < 4.78 is 48.7. The summed E-state index contributed by atoms with van der Waals surface area (Å²) >= 11 is 0. The molecule has 2 N–H and O–H groups in total. The molecule has 26 heavy (non-hydrogen) atoms. The maximum atomic E-state index is 13.1. The van der Waals surface area contributed by atoms with Gasteiger partial charge < -0.3 is 24.8 Å². The molecule has 10 heteroatoms. The van der Waals surface area contributed by atoms with Crippen molar-refractivity contribution in [1.29, 1.82) is 0 Å². The summed E-state index contributed by atoms with van der Waals surface area (Å²) in [7, 11) is 2.24. The van der Waals surface area contributed by atoms with Crippen molar-refractivity contribution >= 4 is 17.6 Å². The van der Waals surface area contributed by atoms with Crippen molar-refractivity contribution in [3.8, 4) is 5.75 Å². The smallest absolute Gasteiger partial charge is 0.420 e. The van der Waals surface area contributed by atoms with E-state index < -0.39 is 23.6 Å². The molecule has 1 aromatic rings. The predicted molar refractivity (Wildman–Crippen MR) is 84.3 cm³/mol. The number of esters is 1. The number of rotatable bonds is 6. The Morgan fingerprint density at radius 2 is 2.04 bits per heavy atom. The topological polar surface area (TPSA) is 88.1 Å². The molecule has 1 aliphatic rings. The van der Waals surface area contributed by atoms with Gasteiger partial charge in [0, 0.05) is 12.2 Å². The fourth-order valence-corrected chi connectivity index (χ4v) is 2.50. The van der Waals surface area contributed by atoms with Crippen LogP contribution in [0.3, 0.4) is 0 Å². The van der Waals surface area contributed by atoms with Gasteiger partial charge in [0.1, 0.15) is 11.4 Å². The van der Waals surface area contributed by atoms with Crippen molar-refractivity contribution < 1.29 is 37.3 Å². The Labute approximate surface area is 147 Å². The summed E-state index contributed by atoms with van der Waals surface area (Å²) in [6, 6.07) is 3.18. The first-order chi connectivity index (χ1) is 12.2. The van der Waals surface area contributed by atoms with Crippen LogP contribution in [0.1, 0.15) is 5.56 Å². The van der Waals surface area contributed by atoms with E-state index in [9.17, 15) is 22.8 Å². The van der Waals surface area contributed by atoms with Crippen LogP contribution in [0.2, 0.25) is 0 Å². The molecule has 1 aliphatic heterocycles. The summed E-state index contributed by atoms with van der Waals surface area (Å²) in [5.74, 6) is -1.78. The van der Waals surface area contributed by atoms with Crippen molar-refractivity contribution in [3.63, 3.8) is 0 Å². The Morgan fingerprint density at radius 1 is 1.35 bits per heavy atom. The van der Waals surface area contributed by atoms with Crippen molar-refractivity contribution in [3.05, 3.63) is 35.0 Å². The molecule has 0 saturated carbocycles. The van der Waals surface area contributed by atoms with Gasteiger partial charge in [-0.05, 0) is 18.2 Å². The molecule has 0 radical (unpaired) electrons. The number of benzene rings is 1. The number of ether oxygens (including phenoxy) is 2. The molecule has 0 bridgehead atoms. The molecule has 1 heterocycles. The van der Waals surface area contributed by atoms with E-state index in [4.69, 9.17) is 9.84 Å². The van der Waals surface area contributed by atoms with Crippen molar-refractivity contribution in [2.24, 2.45) is 0 Å². The quantitative estimate of drug-likeness (QED) is 0.732. The van der Waals surface area contributed by atoms with Gasteiger partial charge in [-0.2, -0.15) is 13.2 Å². The Morgan fingerprint density at radius 3 is 2.58 bits per heavy atom. The first-order valence-electron chi connectivity index (χ1n) is 7.46. The Kier molecular flexibility index (Phi) is 5.76. The van der Waals surface area contributed by atoms with Gasteiger partial charge in [-0.15, -0.1) is 0 Å². The van der Waals surface area contributed by atoms with Crippen LogP contribution in [0.25, 0.3) is 0 Å². The molecule has 0 unspecified atom stereocenters. The van der Waals surface area contributed by atoms with Crippen LogP contribution < -0.4 is 10.1 Å². The highest BCUT2D eigenvalue weighted by atomic mass is 19.4. The minimum absolute atomic E-state index is 0.0269. The lowest BCUT2D eigenvalue weighted by atomic mass is 10.1. The number of carbonyl (C=O) groups excluding carboxylic acids is 2. The minimum atomic E-state index is -4.66. The highest BCUT2D eigenvalue weighted by Crippen LogP contribution is 2.38. The molecular weight excluding hydrogens is 357 g/mol. The number of hydrogen-bond donors (Lipinski definition) is 2. The molecule has 0 atom stereocenters. The van der Waals surface area contributed by atoms with Gasteiger partial charge in [-0.25, -0.2) is 4.79 Å². The lowest BCUT2D eigenvalue weighted by molar-refractivity contribution is -0.139. The number of halogens is 3. The van der Waals surface area contributed by atoms with E-state index in [1.165, 1.54) is 11.0 Å². The average molecular weight is 374 g/mol. The van der Waals surface area contributed by atoms with Crippen molar-refractivity contribution in [2.75, 3.05) is 39.2 Å². The number of nitrogens with zero attached hydrogens (tertiary/aromatic N) is 1. The second-order valence-corrected chi connectivity index (χ2v) is 5.33. The third-order valence-corrected chi connectivity index (χ3v) is 3.73. The minimum Gasteiger partial charge on any atom is -0.496 e. The van der Waals surface area contributed by atoms with Gasteiger partial charge in [0.25, 0.3) is 5.91 Å². The number of alkyl halides is 3. The van der Waals surface area contributed by atoms with E-state index in [2.05, 4.69) is 10.1 Å². The molecular formula is C16H17F3N2O5. The molecule has 142 valence electrons. The molecule has 0 saturated heterocycles. The number of hydrogen-bond acceptors (Lipinski definition) is 6. The van der Waals surface area contributed by atoms with Crippen LogP contribution in [0.15, 0.2) is 29.5 Å². The molecule has 1 aromatic carbocycles. The normalized spacial score (nSPS) is 14.7. The first-order valence-corrected chi connectivity index (χ1v) is 7.46. The number of nitrogens with one attached hydrogen (secondary N) is 1. The molecule has 2 rings (SSSR count). The van der Waals surface area contributed by atoms with E-state index in [0.717, 1.165) is 26.4 Å². The summed E-state index contributed by atoms with van der Waals surface area (Å²) in [4.78, 5) is 25.4. The fourth-order valence-electron chi connectivity index (χ4n) is 2.50. The van der Waals surface area contributed by atoms with Crippen molar-refractivity contribution in [1.82, 2.24) is 4.90 Å². The molecule has 0 spiro atoms. The second kappa shape index (κ2) is 7.65. The highest BCUT2D eigenvalue weighted by Gasteiger charge is 2.37. The zero-order chi connectivity index (χ0) is 19.5. The number of anilines is 1. The van der Waals surface area contributed by atoms with Gasteiger partial charge in [0.05, 0.1) is 38.5 Å². The van der Waals surface area contributed by atoms with Gasteiger partial charge in [-0.1, -0.05) is 0 Å². The number of aliphatic hydroxyl groups is 1. The van der Waals surface area contributed by atoms with E-state index in [-0.39, 0.29) is 42.4 Å². The maximum absolute atomic E-state index is 13.1. The Balaban J connectivity index is 2.41. The first kappa shape index (κ1) is 19.6. The lowest BCUT2D eigenvalue weighted by Crippen LogP contribution is -2.31. The third-order valence-electron chi connectivity index (χ3n) is 3.73. The molecule has 1 amide bonds. The Bertz CT molecular complexity index is 746. The number of amides is 1. The third kappa shape index (κ3) is 3.90. The summed E-state index contributed by atoms with van der Waals surface area (Å²) in [5.41, 5.74) is -1.30. The summed E-state index contributed by atoms with van der Waals surface area (Å²) in [5, 5.41) is 11.6. The van der Waals surface area contributed by atoms with Gasteiger partial charge in [0.2, 0.25) is 0 Å².